The standard InChI is InChI=1S/C14H13NSi.C14H16OSi/c2*1-16(2,3)12-10-14-8-6-13(7-9-14)5-4-11-15/h6-9H,1-3H3;6-9,15H,11H2,1-3H3. The molecule has 32 heavy (non-hydrogen) atoms. The second-order valence-electron chi connectivity index (χ2n) is 8.98. The molecule has 0 fully saturated rings. The fraction of sp³-hybridized carbons (Fsp3) is 0.250. The van der Waals surface area contributed by atoms with Gasteiger partial charge in [-0.15, -0.1) is 11.1 Å². The quantitative estimate of drug-likeness (QED) is 0.450. The summed E-state index contributed by atoms with van der Waals surface area (Å²) in [5.74, 6) is 16.9. The first-order valence-corrected chi connectivity index (χ1v) is 17.3. The van der Waals surface area contributed by atoms with Gasteiger partial charge >= 0.3 is 0 Å². The lowest BCUT2D eigenvalue weighted by molar-refractivity contribution is 0.350. The highest BCUT2D eigenvalue weighted by Crippen LogP contribution is 2.04. The van der Waals surface area contributed by atoms with Crippen LogP contribution in [-0.4, -0.2) is 27.9 Å². The lowest BCUT2D eigenvalue weighted by Gasteiger charge is -2.03. The second kappa shape index (κ2) is 13.1. The molecular formula is C28H29NOSi2. The Morgan fingerprint density at radius 3 is 1.28 bits per heavy atom. The SMILES string of the molecule is C[Si](C)(C)C#Cc1ccc(C#CC#N)cc1.C[Si](C)(C)C#Cc1ccc(C#CCO)cc1. The molecule has 0 aromatic heterocycles. The van der Waals surface area contributed by atoms with Crippen molar-refractivity contribution >= 4 is 16.1 Å². The molecule has 0 heterocycles. The van der Waals surface area contributed by atoms with Gasteiger partial charge in [0.05, 0.1) is 0 Å². The van der Waals surface area contributed by atoms with Crippen molar-refractivity contribution in [1.82, 2.24) is 0 Å². The van der Waals surface area contributed by atoms with Gasteiger partial charge in [-0.2, -0.15) is 5.26 Å². The zero-order valence-corrected chi connectivity index (χ0v) is 21.7. The zero-order chi connectivity index (χ0) is 24.0. The molecular weight excluding hydrogens is 422 g/mol. The van der Waals surface area contributed by atoms with Gasteiger partial charge in [-0.05, 0) is 48.5 Å². The fourth-order valence-corrected chi connectivity index (χ4v) is 3.07. The van der Waals surface area contributed by atoms with Crippen LogP contribution in [0.4, 0.5) is 0 Å². The predicted molar refractivity (Wildman–Crippen MR) is 140 cm³/mol. The summed E-state index contributed by atoms with van der Waals surface area (Å²) in [6.07, 6.45) is 0. The van der Waals surface area contributed by atoms with Crippen LogP contribution in [0.25, 0.3) is 0 Å². The maximum atomic E-state index is 8.56. The average Bonchev–Trinajstić information content (AvgIpc) is 2.74. The summed E-state index contributed by atoms with van der Waals surface area (Å²) in [5, 5.41) is 16.9. The van der Waals surface area contributed by atoms with E-state index in [0.29, 0.717) is 0 Å². The number of aliphatic hydroxyl groups is 1. The first-order chi connectivity index (χ1) is 15.0. The second-order valence-corrected chi connectivity index (χ2v) is 18.5. The largest absolute Gasteiger partial charge is 0.384 e. The number of benzene rings is 2. The maximum Gasteiger partial charge on any atom is 0.152 e. The Labute approximate surface area is 195 Å². The molecule has 2 aromatic carbocycles. The highest BCUT2D eigenvalue weighted by Gasteiger charge is 2.07. The average molecular weight is 452 g/mol. The summed E-state index contributed by atoms with van der Waals surface area (Å²) >= 11 is 0. The lowest BCUT2D eigenvalue weighted by atomic mass is 10.1. The van der Waals surface area contributed by atoms with Crippen molar-refractivity contribution in [1.29, 1.82) is 5.26 Å². The number of hydrogen-bond acceptors (Lipinski definition) is 2. The maximum absolute atomic E-state index is 8.56. The molecule has 0 atom stereocenters. The van der Waals surface area contributed by atoms with E-state index in [1.807, 2.05) is 48.5 Å². The molecule has 4 heteroatoms. The molecule has 2 aromatic rings. The number of nitriles is 1. The van der Waals surface area contributed by atoms with Gasteiger partial charge in [0.15, 0.2) is 6.07 Å². The van der Waals surface area contributed by atoms with Gasteiger partial charge in [-0.3, -0.25) is 0 Å². The Kier molecular flexibility index (Phi) is 10.9. The number of nitrogens with zero attached hydrogens (tertiary/aromatic N) is 1. The molecule has 160 valence electrons. The van der Waals surface area contributed by atoms with Gasteiger partial charge in [0.25, 0.3) is 0 Å². The summed E-state index contributed by atoms with van der Waals surface area (Å²) in [4.78, 5) is 0. The van der Waals surface area contributed by atoms with Gasteiger partial charge in [0, 0.05) is 28.2 Å². The van der Waals surface area contributed by atoms with Gasteiger partial charge in [0.2, 0.25) is 0 Å². The Morgan fingerprint density at radius 2 is 0.969 bits per heavy atom. The van der Waals surface area contributed by atoms with Crippen molar-refractivity contribution < 1.29 is 5.11 Å². The van der Waals surface area contributed by atoms with E-state index in [0.717, 1.165) is 22.3 Å². The Bertz CT molecular complexity index is 1180. The molecule has 0 saturated carbocycles. The van der Waals surface area contributed by atoms with E-state index in [1.165, 1.54) is 0 Å². The van der Waals surface area contributed by atoms with Crippen molar-refractivity contribution in [3.8, 4) is 52.7 Å². The van der Waals surface area contributed by atoms with Crippen LogP contribution in [0, 0.1) is 57.9 Å². The van der Waals surface area contributed by atoms with Crippen LogP contribution in [0.1, 0.15) is 22.3 Å². The van der Waals surface area contributed by atoms with E-state index in [4.69, 9.17) is 10.4 Å². The van der Waals surface area contributed by atoms with E-state index >= 15 is 0 Å². The molecule has 2 rings (SSSR count). The normalized spacial score (nSPS) is 9.44. The van der Waals surface area contributed by atoms with Crippen molar-refractivity contribution in [3.05, 3.63) is 70.8 Å². The minimum absolute atomic E-state index is 0.100. The molecule has 0 aliphatic carbocycles. The van der Waals surface area contributed by atoms with Crippen LogP contribution in [0.3, 0.4) is 0 Å². The third-order valence-electron chi connectivity index (χ3n) is 3.51. The molecule has 0 radical (unpaired) electrons. The number of hydrogen-bond donors (Lipinski definition) is 1. The number of rotatable bonds is 0. The molecule has 0 unspecified atom stereocenters. The molecule has 0 amide bonds. The van der Waals surface area contributed by atoms with Gasteiger partial charge in [0.1, 0.15) is 22.8 Å². The zero-order valence-electron chi connectivity index (χ0n) is 19.7. The third kappa shape index (κ3) is 13.0. The lowest BCUT2D eigenvalue weighted by Crippen LogP contribution is -2.16. The van der Waals surface area contributed by atoms with E-state index in [-0.39, 0.29) is 6.61 Å². The summed E-state index contributed by atoms with van der Waals surface area (Å²) in [6.45, 7) is 13.2. The molecule has 1 N–H and O–H groups in total. The van der Waals surface area contributed by atoms with Crippen molar-refractivity contribution in [2.45, 2.75) is 39.3 Å². The van der Waals surface area contributed by atoms with Crippen LogP contribution in [0.5, 0.6) is 0 Å². The fourth-order valence-electron chi connectivity index (χ4n) is 2.03. The summed E-state index contributed by atoms with van der Waals surface area (Å²) in [5.41, 5.74) is 10.4. The first-order valence-electron chi connectivity index (χ1n) is 10.3. The summed E-state index contributed by atoms with van der Waals surface area (Å²) in [6, 6.07) is 17.2. The van der Waals surface area contributed by atoms with Crippen molar-refractivity contribution in [2.75, 3.05) is 6.61 Å². The van der Waals surface area contributed by atoms with E-state index < -0.39 is 16.1 Å². The molecule has 0 saturated heterocycles. The molecule has 0 bridgehead atoms. The summed E-state index contributed by atoms with van der Waals surface area (Å²) < 4.78 is 0. The summed E-state index contributed by atoms with van der Waals surface area (Å²) in [7, 11) is -2.60. The minimum Gasteiger partial charge on any atom is -0.384 e. The van der Waals surface area contributed by atoms with Gasteiger partial charge in [-0.1, -0.05) is 68.9 Å². The van der Waals surface area contributed by atoms with Gasteiger partial charge in [-0.25, -0.2) is 0 Å². The molecule has 2 nitrogen and oxygen atoms in total. The van der Waals surface area contributed by atoms with Crippen molar-refractivity contribution in [2.24, 2.45) is 0 Å². The Hall–Kier alpha value is -3.44. The highest BCUT2D eigenvalue weighted by atomic mass is 28.3. The molecule has 0 aliphatic rings. The Balaban J connectivity index is 0.000000320. The van der Waals surface area contributed by atoms with Crippen LogP contribution in [0.2, 0.25) is 39.3 Å². The van der Waals surface area contributed by atoms with E-state index in [9.17, 15) is 0 Å². The van der Waals surface area contributed by atoms with Crippen LogP contribution >= 0.6 is 0 Å². The molecule has 0 aliphatic heterocycles. The van der Waals surface area contributed by atoms with E-state index in [2.05, 4.69) is 85.9 Å². The predicted octanol–water partition coefficient (Wildman–Crippen LogP) is 5.05. The molecule has 0 spiro atoms. The topological polar surface area (TPSA) is 44.0 Å². The smallest absolute Gasteiger partial charge is 0.152 e. The third-order valence-corrected chi connectivity index (χ3v) is 5.26. The highest BCUT2D eigenvalue weighted by molar-refractivity contribution is 6.84. The van der Waals surface area contributed by atoms with Crippen LogP contribution in [0.15, 0.2) is 48.5 Å². The monoisotopic (exact) mass is 451 g/mol. The minimum atomic E-state index is -1.31. The van der Waals surface area contributed by atoms with Gasteiger partial charge < -0.3 is 5.11 Å². The van der Waals surface area contributed by atoms with Crippen LogP contribution < -0.4 is 0 Å². The van der Waals surface area contributed by atoms with Crippen molar-refractivity contribution in [3.63, 3.8) is 0 Å². The van der Waals surface area contributed by atoms with E-state index in [1.54, 1.807) is 6.07 Å². The Morgan fingerprint density at radius 1 is 0.625 bits per heavy atom. The van der Waals surface area contributed by atoms with Crippen LogP contribution in [-0.2, 0) is 0 Å². The first kappa shape index (κ1) is 26.6. The number of aliphatic hydroxyl groups excluding tert-OH is 1.